The molecule has 0 fully saturated rings. The van der Waals surface area contributed by atoms with Crippen molar-refractivity contribution in [2.45, 2.75) is 23.2 Å². The lowest BCUT2D eigenvalue weighted by Crippen LogP contribution is -2.25. The van der Waals surface area contributed by atoms with Gasteiger partial charge in [-0.15, -0.1) is 11.8 Å². The molecule has 0 aliphatic heterocycles. The van der Waals surface area contributed by atoms with Gasteiger partial charge in [0, 0.05) is 23.6 Å². The summed E-state index contributed by atoms with van der Waals surface area (Å²) >= 11 is 1.30. The van der Waals surface area contributed by atoms with Crippen molar-refractivity contribution < 1.29 is 29.0 Å². The van der Waals surface area contributed by atoms with Crippen LogP contribution in [0.5, 0.6) is 17.2 Å². The molecule has 37 heavy (non-hydrogen) atoms. The van der Waals surface area contributed by atoms with Crippen LogP contribution in [-0.2, 0) is 11.2 Å². The van der Waals surface area contributed by atoms with Gasteiger partial charge in [0.05, 0.1) is 37.1 Å². The molecule has 3 aromatic carbocycles. The third kappa shape index (κ3) is 4.60. The molecule has 2 unspecified atom stereocenters. The van der Waals surface area contributed by atoms with Gasteiger partial charge < -0.3 is 19.3 Å². The first-order chi connectivity index (χ1) is 17.7. The maximum Gasteiger partial charge on any atom is 0.311 e. The van der Waals surface area contributed by atoms with Crippen molar-refractivity contribution in [3.8, 4) is 28.4 Å². The number of nitro benzene ring substituents is 1. The number of carbonyl (C=O) groups is 1. The lowest BCUT2D eigenvalue weighted by molar-refractivity contribution is -0.384. The normalized spacial score (nSPS) is 14.6. The van der Waals surface area contributed by atoms with E-state index in [1.165, 1.54) is 63.4 Å². The van der Waals surface area contributed by atoms with Crippen LogP contribution in [-0.4, -0.2) is 43.6 Å². The second kappa shape index (κ2) is 10.5. The molecule has 0 saturated carbocycles. The second-order valence-electron chi connectivity index (χ2n) is 8.43. The van der Waals surface area contributed by atoms with E-state index in [0.717, 1.165) is 5.56 Å². The smallest absolute Gasteiger partial charge is 0.311 e. The summed E-state index contributed by atoms with van der Waals surface area (Å²) in [5, 5.41) is 21.5. The molecule has 0 saturated heterocycles. The molecule has 1 N–H and O–H groups in total. The molecule has 0 bridgehead atoms. The lowest BCUT2D eigenvalue weighted by atomic mass is 9.71. The summed E-state index contributed by atoms with van der Waals surface area (Å²) in [5.41, 5.74) is 2.69. The average molecular weight is 524 g/mol. The fourth-order valence-electron chi connectivity index (χ4n) is 4.99. The first kappa shape index (κ1) is 26.0. The van der Waals surface area contributed by atoms with Crippen LogP contribution in [0.1, 0.15) is 28.5 Å². The number of nitro groups is 1. The van der Waals surface area contributed by atoms with Gasteiger partial charge in [0.2, 0.25) is 5.75 Å². The maximum absolute atomic E-state index is 13.1. The van der Waals surface area contributed by atoms with Crippen LogP contribution < -0.4 is 19.6 Å². The van der Waals surface area contributed by atoms with E-state index in [1.807, 2.05) is 0 Å². The molecule has 10 heteroatoms. The van der Waals surface area contributed by atoms with Gasteiger partial charge in [0.1, 0.15) is 0 Å². The molecule has 192 valence electrons. The van der Waals surface area contributed by atoms with Crippen molar-refractivity contribution in [3.63, 3.8) is 0 Å². The standard InChI is InChI=1S/C27H25NO8S/c1-34-21-12-15-11-19(24(27(30)31)14-5-7-16(8-6-14)28(32)33)18-13-20(29)22(37-4)10-9-17(18)23(15)26(36-3)25(21)35-2/h5-10,12-13,19,24H,11H2,1-4H3,(H,30,31). The molecular formula is C27H25NO8S. The first-order valence-electron chi connectivity index (χ1n) is 11.3. The van der Waals surface area contributed by atoms with Gasteiger partial charge in [0.25, 0.3) is 5.69 Å². The van der Waals surface area contributed by atoms with Gasteiger partial charge in [-0.3, -0.25) is 19.7 Å². The minimum Gasteiger partial charge on any atom is -0.493 e. The summed E-state index contributed by atoms with van der Waals surface area (Å²) in [4.78, 5) is 36.9. The SMILES string of the molecule is COc1cc2c(c(OC)c1OC)-c1ccc(SC)c(=O)cc1C(C(C(=O)O)c1ccc([N+](=O)[O-])cc1)C2. The van der Waals surface area contributed by atoms with Crippen LogP contribution >= 0.6 is 11.8 Å². The zero-order valence-electron chi connectivity index (χ0n) is 20.6. The van der Waals surface area contributed by atoms with E-state index in [1.54, 1.807) is 24.5 Å². The lowest BCUT2D eigenvalue weighted by Gasteiger charge is -2.32. The Bertz CT molecular complexity index is 1440. The molecule has 0 radical (unpaired) electrons. The molecule has 1 aliphatic rings. The van der Waals surface area contributed by atoms with E-state index in [-0.39, 0.29) is 17.5 Å². The number of non-ortho nitro benzene ring substituents is 1. The number of carboxylic acids is 1. The molecular weight excluding hydrogens is 498 g/mol. The number of carboxylic acid groups (broad SMARTS) is 1. The monoisotopic (exact) mass is 523 g/mol. The largest absolute Gasteiger partial charge is 0.493 e. The Morgan fingerprint density at radius 1 is 1.05 bits per heavy atom. The van der Waals surface area contributed by atoms with Crippen LogP contribution in [0.4, 0.5) is 5.69 Å². The zero-order chi connectivity index (χ0) is 26.9. The summed E-state index contributed by atoms with van der Waals surface area (Å²) in [6.07, 6.45) is 2.05. The Kier molecular flexibility index (Phi) is 7.40. The van der Waals surface area contributed by atoms with Crippen LogP contribution in [0.3, 0.4) is 0 Å². The number of hydrogen-bond donors (Lipinski definition) is 1. The predicted octanol–water partition coefficient (Wildman–Crippen LogP) is 4.88. The highest BCUT2D eigenvalue weighted by Gasteiger charge is 2.38. The van der Waals surface area contributed by atoms with E-state index in [9.17, 15) is 24.8 Å². The van der Waals surface area contributed by atoms with E-state index >= 15 is 0 Å². The number of nitrogens with zero attached hydrogens (tertiary/aromatic N) is 1. The minimum absolute atomic E-state index is 0.137. The molecule has 0 aromatic heterocycles. The van der Waals surface area contributed by atoms with E-state index < -0.39 is 22.7 Å². The number of rotatable bonds is 8. The number of hydrogen-bond acceptors (Lipinski definition) is 8. The van der Waals surface area contributed by atoms with Gasteiger partial charge in [-0.25, -0.2) is 0 Å². The van der Waals surface area contributed by atoms with Crippen molar-refractivity contribution in [3.05, 3.63) is 85.6 Å². The summed E-state index contributed by atoms with van der Waals surface area (Å²) in [6, 6.07) is 12.3. The van der Waals surface area contributed by atoms with E-state index in [2.05, 4.69) is 0 Å². The molecule has 4 rings (SSSR count). The Morgan fingerprint density at radius 3 is 2.27 bits per heavy atom. The van der Waals surface area contributed by atoms with Crippen LogP contribution in [0.25, 0.3) is 11.1 Å². The highest BCUT2D eigenvalue weighted by Crippen LogP contribution is 2.53. The molecule has 3 aromatic rings. The van der Waals surface area contributed by atoms with Crippen molar-refractivity contribution >= 4 is 23.4 Å². The predicted molar refractivity (Wildman–Crippen MR) is 140 cm³/mol. The second-order valence-corrected chi connectivity index (χ2v) is 9.28. The van der Waals surface area contributed by atoms with E-state index in [4.69, 9.17) is 14.2 Å². The number of aliphatic carboxylic acids is 1. The van der Waals surface area contributed by atoms with Crippen molar-refractivity contribution in [1.82, 2.24) is 0 Å². The van der Waals surface area contributed by atoms with Crippen molar-refractivity contribution in [2.24, 2.45) is 0 Å². The van der Waals surface area contributed by atoms with Gasteiger partial charge in [-0.1, -0.05) is 18.2 Å². The number of ether oxygens (including phenoxy) is 3. The first-order valence-corrected chi connectivity index (χ1v) is 12.5. The maximum atomic E-state index is 13.1. The third-order valence-electron chi connectivity index (χ3n) is 6.61. The summed E-state index contributed by atoms with van der Waals surface area (Å²) in [6.45, 7) is 0. The van der Waals surface area contributed by atoms with Crippen LogP contribution in [0.2, 0.25) is 0 Å². The minimum atomic E-state index is -1.11. The zero-order valence-corrected chi connectivity index (χ0v) is 21.5. The molecule has 0 heterocycles. The van der Waals surface area contributed by atoms with Crippen molar-refractivity contribution in [2.75, 3.05) is 27.6 Å². The highest BCUT2D eigenvalue weighted by atomic mass is 32.2. The molecule has 9 nitrogen and oxygen atoms in total. The Labute approximate surface area is 217 Å². The van der Waals surface area contributed by atoms with Gasteiger partial charge >= 0.3 is 5.97 Å². The molecule has 0 spiro atoms. The highest BCUT2D eigenvalue weighted by molar-refractivity contribution is 7.98. The fourth-order valence-corrected chi connectivity index (χ4v) is 5.45. The number of benzene rings is 2. The van der Waals surface area contributed by atoms with E-state index in [0.29, 0.717) is 44.4 Å². The Morgan fingerprint density at radius 2 is 1.73 bits per heavy atom. The fraction of sp³-hybridized carbons (Fsp3) is 0.259. The Hall–Kier alpha value is -4.05. The molecule has 2 atom stereocenters. The number of fused-ring (bicyclic) bond motifs is 3. The topological polar surface area (TPSA) is 125 Å². The van der Waals surface area contributed by atoms with Gasteiger partial charge in [0.15, 0.2) is 16.9 Å². The summed E-state index contributed by atoms with van der Waals surface area (Å²) in [7, 11) is 4.51. The molecule has 1 aliphatic carbocycles. The summed E-state index contributed by atoms with van der Waals surface area (Å²) < 4.78 is 16.9. The van der Waals surface area contributed by atoms with Crippen LogP contribution in [0.15, 0.2) is 58.2 Å². The quantitative estimate of drug-likeness (QED) is 0.250. The van der Waals surface area contributed by atoms with Gasteiger partial charge in [-0.2, -0.15) is 0 Å². The average Bonchev–Trinajstić information content (AvgIpc) is 3.05. The van der Waals surface area contributed by atoms with Crippen LogP contribution in [0, 0.1) is 10.1 Å². The summed E-state index contributed by atoms with van der Waals surface area (Å²) in [5.74, 6) is -1.60. The van der Waals surface area contributed by atoms with Crippen molar-refractivity contribution in [1.29, 1.82) is 0 Å². The van der Waals surface area contributed by atoms with Gasteiger partial charge in [-0.05, 0) is 53.1 Å². The molecule has 0 amide bonds. The number of methoxy groups -OCH3 is 3. The Balaban J connectivity index is 2.03. The number of thioether (sulfide) groups is 1. The third-order valence-corrected chi connectivity index (χ3v) is 7.39.